The van der Waals surface area contributed by atoms with Crippen molar-refractivity contribution in [3.63, 3.8) is 0 Å². The molecule has 3 heterocycles. The second-order valence-electron chi connectivity index (χ2n) is 5.27. The van der Waals surface area contributed by atoms with Crippen molar-refractivity contribution in [2.45, 2.75) is 44.9 Å². The van der Waals surface area contributed by atoms with E-state index in [1.54, 1.807) is 0 Å². The number of likely N-dealkylation sites (tertiary alicyclic amines) is 1. The predicted molar refractivity (Wildman–Crippen MR) is 63.4 cm³/mol. The van der Waals surface area contributed by atoms with Gasteiger partial charge in [-0.25, -0.2) is 4.98 Å². The molecule has 17 heavy (non-hydrogen) atoms. The summed E-state index contributed by atoms with van der Waals surface area (Å²) >= 11 is 0. The molecule has 2 fully saturated rings. The van der Waals surface area contributed by atoms with Crippen molar-refractivity contribution in [2.24, 2.45) is 0 Å². The van der Waals surface area contributed by atoms with Gasteiger partial charge in [-0.05, 0) is 20.3 Å². The van der Waals surface area contributed by atoms with Gasteiger partial charge in [-0.3, -0.25) is 9.69 Å². The predicted octanol–water partition coefficient (Wildman–Crippen LogP) is 0.537. The van der Waals surface area contributed by atoms with Gasteiger partial charge in [0.05, 0.1) is 18.1 Å². The number of imidazole rings is 1. The summed E-state index contributed by atoms with van der Waals surface area (Å²) in [7, 11) is 0. The van der Waals surface area contributed by atoms with Gasteiger partial charge in [0.25, 0.3) is 0 Å². The Morgan fingerprint density at radius 1 is 1.59 bits per heavy atom. The zero-order chi connectivity index (χ0) is 12.0. The van der Waals surface area contributed by atoms with Gasteiger partial charge in [0.2, 0.25) is 5.91 Å². The van der Waals surface area contributed by atoms with Gasteiger partial charge >= 0.3 is 0 Å². The highest BCUT2D eigenvalue weighted by molar-refractivity contribution is 5.85. The van der Waals surface area contributed by atoms with Gasteiger partial charge in [0.15, 0.2) is 0 Å². The third-order valence-electron chi connectivity index (χ3n) is 3.72. The molecule has 5 nitrogen and oxygen atoms in total. The number of rotatable bonds is 3. The molecule has 2 aliphatic heterocycles. The van der Waals surface area contributed by atoms with Crippen LogP contribution < -0.4 is 5.32 Å². The number of carbonyl (C=O) groups excluding carboxylic acids is 1. The molecule has 1 N–H and O–H groups in total. The molecule has 2 atom stereocenters. The molecule has 0 aromatic carbocycles. The van der Waals surface area contributed by atoms with Crippen LogP contribution in [0, 0.1) is 0 Å². The van der Waals surface area contributed by atoms with Crippen LogP contribution in [0.1, 0.15) is 32.0 Å². The van der Waals surface area contributed by atoms with E-state index in [0.29, 0.717) is 12.1 Å². The number of nitrogens with zero attached hydrogens (tertiary/aromatic N) is 3. The Kier molecular flexibility index (Phi) is 2.43. The number of hydrogen-bond acceptors (Lipinski definition) is 3. The molecular weight excluding hydrogens is 216 g/mol. The molecule has 92 valence electrons. The normalized spacial score (nSPS) is 28.1. The smallest absolute Gasteiger partial charge is 0.237 e. The summed E-state index contributed by atoms with van der Waals surface area (Å²) in [6.45, 7) is 6.09. The zero-order valence-electron chi connectivity index (χ0n) is 10.3. The maximum Gasteiger partial charge on any atom is 0.237 e. The number of carbonyl (C=O) groups is 1. The third-order valence-corrected chi connectivity index (χ3v) is 3.72. The molecule has 1 aromatic heterocycles. The lowest BCUT2D eigenvalue weighted by Gasteiger charge is -2.26. The summed E-state index contributed by atoms with van der Waals surface area (Å²) in [6, 6.07) is 0.861. The van der Waals surface area contributed by atoms with E-state index in [1.807, 2.05) is 12.5 Å². The standard InChI is InChI=1S/C12H18N4O/c1-8(2)16-7-13-4-10(16)6-15-5-9-3-11(15)12(17)14-9/h4,7-9,11H,3,5-6H2,1-2H3,(H,14,17)/t9-,11-/m0/s1. The maximum atomic E-state index is 11.6. The molecule has 3 rings (SSSR count). The lowest BCUT2D eigenvalue weighted by molar-refractivity contribution is -0.125. The first kappa shape index (κ1) is 10.8. The minimum absolute atomic E-state index is 0.0792. The second kappa shape index (κ2) is 3.84. The molecule has 0 radical (unpaired) electrons. The fraction of sp³-hybridized carbons (Fsp3) is 0.667. The SMILES string of the molecule is CC(C)n1cncc1CN1C[C@@H]2C[C@H]1C(=O)N2. The molecular formula is C12H18N4O. The summed E-state index contributed by atoms with van der Waals surface area (Å²) in [4.78, 5) is 18.1. The van der Waals surface area contributed by atoms with E-state index in [4.69, 9.17) is 0 Å². The minimum Gasteiger partial charge on any atom is -0.351 e. The monoisotopic (exact) mass is 234 g/mol. The number of piperazine rings is 1. The topological polar surface area (TPSA) is 50.2 Å². The number of hydrogen-bond donors (Lipinski definition) is 1. The van der Waals surface area contributed by atoms with Crippen LogP contribution in [0.4, 0.5) is 0 Å². The molecule has 0 unspecified atom stereocenters. The zero-order valence-corrected chi connectivity index (χ0v) is 10.3. The highest BCUT2D eigenvalue weighted by Crippen LogP contribution is 2.26. The average molecular weight is 234 g/mol. The molecule has 2 bridgehead atoms. The van der Waals surface area contributed by atoms with Crippen LogP contribution in [0.5, 0.6) is 0 Å². The van der Waals surface area contributed by atoms with Gasteiger partial charge in [0.1, 0.15) is 0 Å². The lowest BCUT2D eigenvalue weighted by atomic mass is 10.2. The molecule has 1 amide bonds. The lowest BCUT2D eigenvalue weighted by Crippen LogP contribution is -2.47. The van der Waals surface area contributed by atoms with E-state index in [1.165, 1.54) is 5.69 Å². The molecule has 5 heteroatoms. The Morgan fingerprint density at radius 3 is 3.06 bits per heavy atom. The molecule has 0 spiro atoms. The largest absolute Gasteiger partial charge is 0.351 e. The maximum absolute atomic E-state index is 11.6. The van der Waals surface area contributed by atoms with E-state index in [-0.39, 0.29) is 11.9 Å². The van der Waals surface area contributed by atoms with E-state index in [2.05, 4.69) is 33.6 Å². The van der Waals surface area contributed by atoms with Crippen LogP contribution in [0.15, 0.2) is 12.5 Å². The van der Waals surface area contributed by atoms with Crippen LogP contribution in [0.3, 0.4) is 0 Å². The second-order valence-corrected chi connectivity index (χ2v) is 5.27. The molecule has 1 aromatic rings. The van der Waals surface area contributed by atoms with Gasteiger partial charge < -0.3 is 9.88 Å². The Balaban J connectivity index is 1.75. The number of aromatic nitrogens is 2. The van der Waals surface area contributed by atoms with Gasteiger partial charge in [-0.15, -0.1) is 0 Å². The number of fused-ring (bicyclic) bond motifs is 2. The van der Waals surface area contributed by atoms with Crippen molar-refractivity contribution in [2.75, 3.05) is 6.54 Å². The fourth-order valence-corrected chi connectivity index (χ4v) is 2.88. The van der Waals surface area contributed by atoms with E-state index >= 15 is 0 Å². The fourth-order valence-electron chi connectivity index (χ4n) is 2.88. The Bertz CT molecular complexity index is 439. The van der Waals surface area contributed by atoms with Crippen LogP contribution >= 0.6 is 0 Å². The molecule has 0 saturated carbocycles. The molecule has 0 aliphatic carbocycles. The summed E-state index contributed by atoms with van der Waals surface area (Å²) in [6.07, 6.45) is 4.74. The van der Waals surface area contributed by atoms with Crippen molar-refractivity contribution in [1.29, 1.82) is 0 Å². The van der Waals surface area contributed by atoms with Crippen molar-refractivity contribution in [3.8, 4) is 0 Å². The number of nitrogens with one attached hydrogen (secondary N) is 1. The highest BCUT2D eigenvalue weighted by atomic mass is 16.2. The average Bonchev–Trinajstić information content (AvgIpc) is 2.92. The molecule has 2 saturated heterocycles. The summed E-state index contributed by atoms with van der Waals surface area (Å²) in [5.74, 6) is 0.192. The Morgan fingerprint density at radius 2 is 2.41 bits per heavy atom. The van der Waals surface area contributed by atoms with Crippen LogP contribution in [0.25, 0.3) is 0 Å². The van der Waals surface area contributed by atoms with Gasteiger partial charge in [-0.2, -0.15) is 0 Å². The van der Waals surface area contributed by atoms with E-state index in [0.717, 1.165) is 19.5 Å². The van der Waals surface area contributed by atoms with Crippen LogP contribution in [0.2, 0.25) is 0 Å². The number of amides is 1. The highest BCUT2D eigenvalue weighted by Gasteiger charge is 2.43. The molecule has 2 aliphatic rings. The summed E-state index contributed by atoms with van der Waals surface area (Å²) in [5.41, 5.74) is 1.19. The minimum atomic E-state index is 0.0792. The Hall–Kier alpha value is -1.36. The summed E-state index contributed by atoms with van der Waals surface area (Å²) < 4.78 is 2.17. The Labute approximate surface area is 101 Å². The third kappa shape index (κ3) is 1.74. The van der Waals surface area contributed by atoms with Crippen molar-refractivity contribution >= 4 is 5.91 Å². The van der Waals surface area contributed by atoms with Crippen molar-refractivity contribution in [3.05, 3.63) is 18.2 Å². The van der Waals surface area contributed by atoms with Crippen LogP contribution in [-0.4, -0.2) is 39.0 Å². The van der Waals surface area contributed by atoms with Gasteiger partial charge in [0, 0.05) is 31.4 Å². The summed E-state index contributed by atoms with van der Waals surface area (Å²) in [5, 5.41) is 3.00. The van der Waals surface area contributed by atoms with E-state index in [9.17, 15) is 4.79 Å². The first-order valence-electron chi connectivity index (χ1n) is 6.20. The van der Waals surface area contributed by atoms with Crippen molar-refractivity contribution in [1.82, 2.24) is 19.8 Å². The van der Waals surface area contributed by atoms with E-state index < -0.39 is 0 Å². The first-order chi connectivity index (χ1) is 8.15. The first-order valence-corrected chi connectivity index (χ1v) is 6.20. The quantitative estimate of drug-likeness (QED) is 0.830. The van der Waals surface area contributed by atoms with Gasteiger partial charge in [-0.1, -0.05) is 0 Å². The van der Waals surface area contributed by atoms with Crippen molar-refractivity contribution < 1.29 is 4.79 Å². The van der Waals surface area contributed by atoms with Crippen LogP contribution in [-0.2, 0) is 11.3 Å².